The average molecular weight is 268 g/mol. The predicted molar refractivity (Wildman–Crippen MR) is 76.8 cm³/mol. The second kappa shape index (κ2) is 6.15. The summed E-state index contributed by atoms with van der Waals surface area (Å²) in [6, 6.07) is 15.8. The molecular weight excluding hydrogens is 252 g/mol. The summed E-state index contributed by atoms with van der Waals surface area (Å²) in [5.74, 6) is -0.687. The highest BCUT2D eigenvalue weighted by molar-refractivity contribution is 6.01. The number of esters is 1. The summed E-state index contributed by atoms with van der Waals surface area (Å²) in [4.78, 5) is 24.0. The Kier molecular flexibility index (Phi) is 4.31. The van der Waals surface area contributed by atoms with Gasteiger partial charge in [-0.2, -0.15) is 0 Å². The molecule has 0 amide bonds. The second-order valence-electron chi connectivity index (χ2n) is 4.64. The number of benzene rings is 2. The van der Waals surface area contributed by atoms with Crippen LogP contribution >= 0.6 is 0 Å². The van der Waals surface area contributed by atoms with E-state index in [0.717, 1.165) is 5.56 Å². The van der Waals surface area contributed by atoms with Crippen molar-refractivity contribution in [1.29, 1.82) is 0 Å². The largest absolute Gasteiger partial charge is 0.451 e. The van der Waals surface area contributed by atoms with E-state index >= 15 is 0 Å². The van der Waals surface area contributed by atoms with Crippen LogP contribution in [0.25, 0.3) is 0 Å². The first-order valence-corrected chi connectivity index (χ1v) is 6.45. The van der Waals surface area contributed by atoms with Crippen LogP contribution in [0, 0.1) is 6.92 Å². The first-order chi connectivity index (χ1) is 9.58. The van der Waals surface area contributed by atoms with E-state index < -0.39 is 12.1 Å². The van der Waals surface area contributed by atoms with E-state index in [0.29, 0.717) is 11.1 Å². The first-order valence-electron chi connectivity index (χ1n) is 6.45. The van der Waals surface area contributed by atoms with Gasteiger partial charge in [0.1, 0.15) is 0 Å². The average Bonchev–Trinajstić information content (AvgIpc) is 2.48. The fourth-order valence-corrected chi connectivity index (χ4v) is 1.81. The fourth-order valence-electron chi connectivity index (χ4n) is 1.81. The number of ketones is 1. The molecule has 2 aromatic rings. The van der Waals surface area contributed by atoms with E-state index in [-0.39, 0.29) is 5.78 Å². The summed E-state index contributed by atoms with van der Waals surface area (Å²) < 4.78 is 5.19. The molecular formula is C17H16O3. The van der Waals surface area contributed by atoms with Crippen molar-refractivity contribution < 1.29 is 14.3 Å². The Balaban J connectivity index is 2.05. The zero-order valence-corrected chi connectivity index (χ0v) is 11.5. The third-order valence-corrected chi connectivity index (χ3v) is 3.00. The van der Waals surface area contributed by atoms with Gasteiger partial charge in [0.25, 0.3) is 0 Å². The maximum atomic E-state index is 12.1. The third kappa shape index (κ3) is 3.32. The Morgan fingerprint density at radius 1 is 0.900 bits per heavy atom. The third-order valence-electron chi connectivity index (χ3n) is 3.00. The second-order valence-corrected chi connectivity index (χ2v) is 4.64. The topological polar surface area (TPSA) is 43.4 Å². The molecule has 2 rings (SSSR count). The quantitative estimate of drug-likeness (QED) is 0.630. The van der Waals surface area contributed by atoms with Crippen molar-refractivity contribution in [2.45, 2.75) is 20.0 Å². The SMILES string of the molecule is Cc1ccc(C(=O)[C@@H](C)OC(=O)c2ccccc2)cc1. The van der Waals surface area contributed by atoms with Crippen LogP contribution < -0.4 is 0 Å². The molecule has 2 aromatic carbocycles. The van der Waals surface area contributed by atoms with Crippen LogP contribution in [0.2, 0.25) is 0 Å². The van der Waals surface area contributed by atoms with Crippen LogP contribution in [0.15, 0.2) is 54.6 Å². The highest BCUT2D eigenvalue weighted by atomic mass is 16.5. The van der Waals surface area contributed by atoms with E-state index in [2.05, 4.69) is 0 Å². The van der Waals surface area contributed by atoms with Gasteiger partial charge in [-0.1, -0.05) is 48.0 Å². The predicted octanol–water partition coefficient (Wildman–Crippen LogP) is 3.42. The highest BCUT2D eigenvalue weighted by Gasteiger charge is 2.20. The minimum absolute atomic E-state index is 0.200. The van der Waals surface area contributed by atoms with Gasteiger partial charge >= 0.3 is 5.97 Å². The molecule has 3 nitrogen and oxygen atoms in total. The van der Waals surface area contributed by atoms with Gasteiger partial charge in [0.05, 0.1) is 5.56 Å². The number of carbonyl (C=O) groups excluding carboxylic acids is 2. The summed E-state index contributed by atoms with van der Waals surface area (Å²) in [5, 5.41) is 0. The van der Waals surface area contributed by atoms with Gasteiger partial charge in [0, 0.05) is 5.56 Å². The summed E-state index contributed by atoms with van der Waals surface area (Å²) in [6.07, 6.45) is -0.801. The van der Waals surface area contributed by atoms with Crippen molar-refractivity contribution in [2.24, 2.45) is 0 Å². The molecule has 0 radical (unpaired) electrons. The molecule has 0 aliphatic carbocycles. The van der Waals surface area contributed by atoms with Gasteiger partial charge in [0.2, 0.25) is 5.78 Å². The normalized spacial score (nSPS) is 11.7. The molecule has 0 N–H and O–H groups in total. The number of carbonyl (C=O) groups is 2. The molecule has 0 spiro atoms. The Bertz CT molecular complexity index is 600. The van der Waals surface area contributed by atoms with Gasteiger partial charge in [-0.15, -0.1) is 0 Å². The number of rotatable bonds is 4. The maximum Gasteiger partial charge on any atom is 0.338 e. The minimum Gasteiger partial charge on any atom is -0.451 e. The Morgan fingerprint density at radius 3 is 2.10 bits per heavy atom. The summed E-state index contributed by atoms with van der Waals surface area (Å²) >= 11 is 0. The molecule has 1 atom stereocenters. The Hall–Kier alpha value is -2.42. The van der Waals surface area contributed by atoms with Gasteiger partial charge in [0.15, 0.2) is 6.10 Å². The number of aryl methyl sites for hydroxylation is 1. The summed E-state index contributed by atoms with van der Waals surface area (Å²) in [7, 11) is 0. The molecule has 20 heavy (non-hydrogen) atoms. The lowest BCUT2D eigenvalue weighted by Crippen LogP contribution is -2.24. The Labute approximate surface area is 118 Å². The van der Waals surface area contributed by atoms with Gasteiger partial charge in [-0.3, -0.25) is 4.79 Å². The minimum atomic E-state index is -0.801. The number of hydrogen-bond donors (Lipinski definition) is 0. The highest BCUT2D eigenvalue weighted by Crippen LogP contribution is 2.10. The van der Waals surface area contributed by atoms with Gasteiger partial charge in [-0.05, 0) is 26.0 Å². The summed E-state index contributed by atoms with van der Waals surface area (Å²) in [6.45, 7) is 3.54. The van der Waals surface area contributed by atoms with E-state index in [1.54, 1.807) is 43.3 Å². The molecule has 3 heteroatoms. The van der Waals surface area contributed by atoms with Crippen LogP contribution in [-0.4, -0.2) is 17.9 Å². The molecule has 0 saturated carbocycles. The maximum absolute atomic E-state index is 12.1. The molecule has 102 valence electrons. The van der Waals surface area contributed by atoms with Crippen LogP contribution in [-0.2, 0) is 4.74 Å². The van der Waals surface area contributed by atoms with Crippen LogP contribution in [0.5, 0.6) is 0 Å². The molecule has 0 fully saturated rings. The molecule has 0 aliphatic rings. The van der Waals surface area contributed by atoms with Crippen molar-refractivity contribution in [2.75, 3.05) is 0 Å². The van der Waals surface area contributed by atoms with Gasteiger partial charge in [-0.25, -0.2) is 4.79 Å². The van der Waals surface area contributed by atoms with E-state index in [1.807, 2.05) is 25.1 Å². The molecule has 0 bridgehead atoms. The van der Waals surface area contributed by atoms with E-state index in [4.69, 9.17) is 4.74 Å². The van der Waals surface area contributed by atoms with E-state index in [9.17, 15) is 9.59 Å². The molecule has 0 heterocycles. The lowest BCUT2D eigenvalue weighted by Gasteiger charge is -2.12. The smallest absolute Gasteiger partial charge is 0.338 e. The molecule has 0 aromatic heterocycles. The zero-order valence-electron chi connectivity index (χ0n) is 11.5. The monoisotopic (exact) mass is 268 g/mol. The van der Waals surface area contributed by atoms with Crippen LogP contribution in [0.4, 0.5) is 0 Å². The Morgan fingerprint density at radius 2 is 1.50 bits per heavy atom. The zero-order chi connectivity index (χ0) is 14.5. The lowest BCUT2D eigenvalue weighted by molar-refractivity contribution is 0.0319. The summed E-state index contributed by atoms with van der Waals surface area (Å²) in [5.41, 5.74) is 2.07. The van der Waals surface area contributed by atoms with Crippen molar-refractivity contribution in [3.05, 3.63) is 71.3 Å². The fraction of sp³-hybridized carbons (Fsp3) is 0.176. The van der Waals surface area contributed by atoms with Gasteiger partial charge < -0.3 is 4.74 Å². The van der Waals surface area contributed by atoms with Crippen LogP contribution in [0.1, 0.15) is 33.2 Å². The van der Waals surface area contributed by atoms with Crippen molar-refractivity contribution in [3.63, 3.8) is 0 Å². The van der Waals surface area contributed by atoms with E-state index in [1.165, 1.54) is 0 Å². The van der Waals surface area contributed by atoms with Crippen molar-refractivity contribution in [1.82, 2.24) is 0 Å². The number of hydrogen-bond acceptors (Lipinski definition) is 3. The van der Waals surface area contributed by atoms with Crippen molar-refractivity contribution in [3.8, 4) is 0 Å². The number of Topliss-reactive ketones (excluding diaryl/α,β-unsaturated/α-hetero) is 1. The van der Waals surface area contributed by atoms with Crippen molar-refractivity contribution >= 4 is 11.8 Å². The first kappa shape index (κ1) is 14.0. The standard InChI is InChI=1S/C17H16O3/c1-12-8-10-14(11-9-12)16(18)13(2)20-17(19)15-6-4-3-5-7-15/h3-11,13H,1-2H3/t13-/m1/s1. The number of ether oxygens (including phenoxy) is 1. The molecule has 0 saturated heterocycles. The lowest BCUT2D eigenvalue weighted by atomic mass is 10.1. The molecule has 0 unspecified atom stereocenters. The van der Waals surface area contributed by atoms with Crippen LogP contribution in [0.3, 0.4) is 0 Å². The molecule has 0 aliphatic heterocycles.